The number of esters is 1. The molecule has 0 heterocycles. The van der Waals surface area contributed by atoms with Gasteiger partial charge in [0.2, 0.25) is 0 Å². The predicted octanol–water partition coefficient (Wildman–Crippen LogP) is 8.12. The van der Waals surface area contributed by atoms with Crippen molar-refractivity contribution >= 4 is 5.97 Å². The maximum atomic E-state index is 13.3. The minimum atomic E-state index is -0.721. The molecular formula is C37H60N2O2. The molecule has 11 unspecified atom stereocenters. The minimum absolute atomic E-state index is 0.00141. The lowest BCUT2D eigenvalue weighted by molar-refractivity contribution is -0.158. The monoisotopic (exact) mass is 564 g/mol. The van der Waals surface area contributed by atoms with E-state index in [4.69, 9.17) is 16.2 Å². The van der Waals surface area contributed by atoms with Gasteiger partial charge in [0.05, 0.1) is 11.1 Å². The molecule has 5 rings (SSSR count). The Bertz CT molecular complexity index is 1040. The molecule has 4 saturated carbocycles. The highest BCUT2D eigenvalue weighted by Crippen LogP contribution is 2.68. The molecule has 5 aliphatic carbocycles. The largest absolute Gasteiger partial charge is 0.459 e. The average Bonchev–Trinajstić information content (AvgIpc) is 3.26. The zero-order valence-electron chi connectivity index (χ0n) is 27.0. The van der Waals surface area contributed by atoms with E-state index in [2.05, 4.69) is 34.6 Å². The first-order chi connectivity index (χ1) is 19.3. The molecule has 0 aromatic carbocycles. The Balaban J connectivity index is 1.22. The summed E-state index contributed by atoms with van der Waals surface area (Å²) in [6, 6.07) is -0.250. The second-order valence-electron chi connectivity index (χ2n) is 16.3. The molecule has 4 nitrogen and oxygen atoms in total. The molecule has 0 bridgehead atoms. The lowest BCUT2D eigenvalue weighted by atomic mass is 9.44. The maximum Gasteiger partial charge on any atom is 0.338 e. The van der Waals surface area contributed by atoms with Gasteiger partial charge in [0.15, 0.2) is 0 Å². The number of ether oxygens (including phenoxy) is 1. The van der Waals surface area contributed by atoms with E-state index in [9.17, 15) is 4.79 Å². The lowest BCUT2D eigenvalue weighted by Gasteiger charge is -2.61. The minimum Gasteiger partial charge on any atom is -0.459 e. The van der Waals surface area contributed by atoms with Crippen molar-refractivity contribution in [2.45, 2.75) is 136 Å². The van der Waals surface area contributed by atoms with E-state index >= 15 is 0 Å². The summed E-state index contributed by atoms with van der Waals surface area (Å²) >= 11 is 0. The van der Waals surface area contributed by atoms with Gasteiger partial charge in [-0.15, -0.1) is 0 Å². The zero-order chi connectivity index (χ0) is 29.6. The molecule has 0 aliphatic heterocycles. The normalized spacial score (nSPS) is 47.5. The smallest absolute Gasteiger partial charge is 0.338 e. The third-order valence-electron chi connectivity index (χ3n) is 13.0. The van der Waals surface area contributed by atoms with Crippen LogP contribution in [0, 0.1) is 52.3 Å². The third kappa shape index (κ3) is 6.30. The summed E-state index contributed by atoms with van der Waals surface area (Å²) in [4.78, 5) is 13.3. The standard InChI is InChI=1S/C37H60N2O2/c1-24(2)8-7-9-25(3)31-14-15-32-30-13-11-27-22-29(17-20-36(27,5)33(30)18-21-37(31,32)6)41-34(40)26-10-12-28(38)16-19-35(4,39)23-26/h10,12,16,19,23-25,27-33H,7-9,11,13-15,17-18,20-22,38-39H2,1-6H3/b12-10-,19-16-,26-23+. The zero-order valence-corrected chi connectivity index (χ0v) is 27.0. The first-order valence-electron chi connectivity index (χ1n) is 17.2. The summed E-state index contributed by atoms with van der Waals surface area (Å²) < 4.78 is 6.18. The summed E-state index contributed by atoms with van der Waals surface area (Å²) in [5.74, 6) is 5.66. The van der Waals surface area contributed by atoms with Crippen molar-refractivity contribution in [3.05, 3.63) is 36.0 Å². The first-order valence-corrected chi connectivity index (χ1v) is 17.2. The molecule has 41 heavy (non-hydrogen) atoms. The number of nitrogens with two attached hydrogens (primary N) is 2. The highest BCUT2D eigenvalue weighted by molar-refractivity contribution is 5.92. The molecule has 4 heteroatoms. The molecule has 0 amide bonds. The first kappa shape index (κ1) is 31.0. The number of hydrogen-bond donors (Lipinski definition) is 2. The van der Waals surface area contributed by atoms with Crippen LogP contribution in [0.3, 0.4) is 0 Å². The molecule has 0 spiro atoms. The summed E-state index contributed by atoms with van der Waals surface area (Å²) in [6.07, 6.45) is 25.0. The van der Waals surface area contributed by atoms with Gasteiger partial charge in [-0.05, 0) is 123 Å². The van der Waals surface area contributed by atoms with Crippen LogP contribution in [-0.2, 0) is 9.53 Å². The van der Waals surface area contributed by atoms with Gasteiger partial charge in [-0.25, -0.2) is 4.79 Å². The van der Waals surface area contributed by atoms with Crippen LogP contribution < -0.4 is 11.5 Å². The van der Waals surface area contributed by atoms with Crippen molar-refractivity contribution in [2.24, 2.45) is 63.7 Å². The van der Waals surface area contributed by atoms with Crippen LogP contribution in [0.4, 0.5) is 0 Å². The fraction of sp³-hybridized carbons (Fsp3) is 0.811. The van der Waals surface area contributed by atoms with Crippen LogP contribution in [0.5, 0.6) is 0 Å². The van der Waals surface area contributed by atoms with E-state index in [1.807, 2.05) is 31.2 Å². The van der Waals surface area contributed by atoms with Gasteiger partial charge in [-0.3, -0.25) is 0 Å². The highest BCUT2D eigenvalue weighted by atomic mass is 16.5. The van der Waals surface area contributed by atoms with Gasteiger partial charge >= 0.3 is 5.97 Å². The highest BCUT2D eigenvalue weighted by Gasteiger charge is 2.60. The molecule has 5 aliphatic rings. The maximum absolute atomic E-state index is 13.3. The SMILES string of the molecule is CC(C)CCCC(C)C1CCC2C3CCC4CC(OC(=O)C5=C/C(C)(N)/C=C\C(N)/C=C\5)CCC4(C)C3CCC12C. The Morgan fingerprint density at radius 1 is 0.951 bits per heavy atom. The molecule has 0 saturated heterocycles. The Morgan fingerprint density at radius 2 is 1.68 bits per heavy atom. The summed E-state index contributed by atoms with van der Waals surface area (Å²) in [6.45, 7) is 14.5. The second kappa shape index (κ2) is 11.9. The second-order valence-corrected chi connectivity index (χ2v) is 16.3. The fourth-order valence-corrected chi connectivity index (χ4v) is 10.7. The Kier molecular flexibility index (Phi) is 9.05. The Labute approximate surface area is 251 Å². The quantitative estimate of drug-likeness (QED) is 0.242. The van der Waals surface area contributed by atoms with Crippen molar-refractivity contribution in [1.82, 2.24) is 0 Å². The van der Waals surface area contributed by atoms with Crippen LogP contribution in [0.25, 0.3) is 0 Å². The molecule has 11 atom stereocenters. The van der Waals surface area contributed by atoms with Gasteiger partial charge in [0.1, 0.15) is 6.10 Å². The summed E-state index contributed by atoms with van der Waals surface area (Å²) in [5, 5.41) is 0. The van der Waals surface area contributed by atoms with Crippen LogP contribution >= 0.6 is 0 Å². The van der Waals surface area contributed by atoms with Crippen molar-refractivity contribution in [2.75, 3.05) is 0 Å². The van der Waals surface area contributed by atoms with E-state index in [-0.39, 0.29) is 18.1 Å². The van der Waals surface area contributed by atoms with E-state index < -0.39 is 5.54 Å². The van der Waals surface area contributed by atoms with Gasteiger partial charge in [0, 0.05) is 6.04 Å². The topological polar surface area (TPSA) is 78.3 Å². The Morgan fingerprint density at radius 3 is 2.44 bits per heavy atom. The number of carbonyl (C=O) groups excluding carboxylic acids is 1. The molecule has 230 valence electrons. The number of fused-ring (bicyclic) bond motifs is 5. The van der Waals surface area contributed by atoms with Crippen LogP contribution in [0.1, 0.15) is 119 Å². The van der Waals surface area contributed by atoms with Crippen LogP contribution in [0.15, 0.2) is 36.0 Å². The molecular weight excluding hydrogens is 504 g/mol. The van der Waals surface area contributed by atoms with E-state index in [1.54, 1.807) is 6.08 Å². The summed E-state index contributed by atoms with van der Waals surface area (Å²) in [7, 11) is 0. The van der Waals surface area contributed by atoms with Crippen LogP contribution in [0.2, 0.25) is 0 Å². The Hall–Kier alpha value is -1.39. The molecule has 4 fully saturated rings. The lowest BCUT2D eigenvalue weighted by Crippen LogP contribution is -2.54. The van der Waals surface area contributed by atoms with Crippen molar-refractivity contribution in [1.29, 1.82) is 0 Å². The molecule has 4 N–H and O–H groups in total. The van der Waals surface area contributed by atoms with Gasteiger partial charge in [-0.2, -0.15) is 0 Å². The van der Waals surface area contributed by atoms with Gasteiger partial charge < -0.3 is 16.2 Å². The molecule has 0 aromatic heterocycles. The van der Waals surface area contributed by atoms with Gasteiger partial charge in [-0.1, -0.05) is 78.2 Å². The van der Waals surface area contributed by atoms with Crippen molar-refractivity contribution in [3.8, 4) is 0 Å². The third-order valence-corrected chi connectivity index (χ3v) is 13.0. The summed E-state index contributed by atoms with van der Waals surface area (Å²) in [5.41, 5.74) is 13.2. The van der Waals surface area contributed by atoms with E-state index in [0.717, 1.165) is 48.3 Å². The van der Waals surface area contributed by atoms with Crippen molar-refractivity contribution in [3.63, 3.8) is 0 Å². The fourth-order valence-electron chi connectivity index (χ4n) is 10.7. The van der Waals surface area contributed by atoms with Crippen molar-refractivity contribution < 1.29 is 9.53 Å². The average molecular weight is 565 g/mol. The molecule has 0 aromatic rings. The molecule has 0 radical (unpaired) electrons. The number of carbonyl (C=O) groups is 1. The van der Waals surface area contributed by atoms with Crippen LogP contribution in [-0.4, -0.2) is 23.7 Å². The van der Waals surface area contributed by atoms with Gasteiger partial charge in [0.25, 0.3) is 0 Å². The number of rotatable bonds is 7. The predicted molar refractivity (Wildman–Crippen MR) is 170 cm³/mol. The van der Waals surface area contributed by atoms with E-state index in [0.29, 0.717) is 22.3 Å². The van der Waals surface area contributed by atoms with E-state index in [1.165, 1.54) is 64.2 Å². The number of hydrogen-bond acceptors (Lipinski definition) is 4.